The lowest BCUT2D eigenvalue weighted by Gasteiger charge is -2.27. The van der Waals surface area contributed by atoms with Crippen LogP contribution in [0.1, 0.15) is 31.6 Å². The Bertz CT molecular complexity index is 305. The van der Waals surface area contributed by atoms with E-state index in [1.807, 2.05) is 12.4 Å². The van der Waals surface area contributed by atoms with E-state index in [2.05, 4.69) is 16.5 Å². The van der Waals surface area contributed by atoms with E-state index >= 15 is 0 Å². The van der Waals surface area contributed by atoms with Gasteiger partial charge in [-0.05, 0) is 25.7 Å². The van der Waals surface area contributed by atoms with Crippen molar-refractivity contribution >= 4 is 0 Å². The Morgan fingerprint density at radius 1 is 1.60 bits per heavy atom. The molecule has 2 N–H and O–H groups in total. The molecule has 1 aromatic heterocycles. The highest BCUT2D eigenvalue weighted by Gasteiger charge is 2.24. The summed E-state index contributed by atoms with van der Waals surface area (Å²) in [4.78, 5) is 4.36. The summed E-state index contributed by atoms with van der Waals surface area (Å²) in [6, 6.07) is 0.0591. The number of aromatic nitrogens is 2. The van der Waals surface area contributed by atoms with Gasteiger partial charge in [0.2, 0.25) is 0 Å². The Kier molecular flexibility index (Phi) is 3.38. The van der Waals surface area contributed by atoms with Gasteiger partial charge in [-0.3, -0.25) is 0 Å². The molecule has 15 heavy (non-hydrogen) atoms. The Morgan fingerprint density at radius 3 is 3.00 bits per heavy atom. The van der Waals surface area contributed by atoms with Crippen molar-refractivity contribution in [2.75, 3.05) is 13.2 Å². The van der Waals surface area contributed by atoms with Crippen LogP contribution in [0.4, 0.5) is 0 Å². The maximum atomic E-state index is 6.25. The van der Waals surface area contributed by atoms with Crippen LogP contribution in [0.5, 0.6) is 0 Å². The van der Waals surface area contributed by atoms with Crippen molar-refractivity contribution in [3.05, 3.63) is 18.2 Å². The number of nitrogens with two attached hydrogens (primary N) is 1. The van der Waals surface area contributed by atoms with Gasteiger partial charge >= 0.3 is 0 Å². The third-order valence-corrected chi connectivity index (χ3v) is 3.16. The summed E-state index contributed by atoms with van der Waals surface area (Å²) in [5.74, 6) is 1.54. The second kappa shape index (κ2) is 4.77. The molecule has 4 nitrogen and oxygen atoms in total. The fraction of sp³-hybridized carbons (Fsp3) is 0.727. The fourth-order valence-electron chi connectivity index (χ4n) is 2.17. The number of aryl methyl sites for hydroxylation is 1. The average Bonchev–Trinajstić information content (AvgIpc) is 2.77. The maximum Gasteiger partial charge on any atom is 0.125 e. The lowest BCUT2D eigenvalue weighted by Crippen LogP contribution is -2.29. The van der Waals surface area contributed by atoms with E-state index in [1.165, 1.54) is 0 Å². The normalized spacial score (nSPS) is 20.4. The van der Waals surface area contributed by atoms with E-state index in [0.717, 1.165) is 38.4 Å². The van der Waals surface area contributed by atoms with Crippen molar-refractivity contribution < 1.29 is 4.74 Å². The van der Waals surface area contributed by atoms with Crippen LogP contribution >= 0.6 is 0 Å². The highest BCUT2D eigenvalue weighted by atomic mass is 16.5. The first kappa shape index (κ1) is 10.6. The number of nitrogens with zero attached hydrogens (tertiary/aromatic N) is 2. The number of hydrogen-bond acceptors (Lipinski definition) is 3. The van der Waals surface area contributed by atoms with Gasteiger partial charge in [0.05, 0.1) is 6.04 Å². The summed E-state index contributed by atoms with van der Waals surface area (Å²) >= 11 is 0. The van der Waals surface area contributed by atoms with Crippen molar-refractivity contribution in [3.8, 4) is 0 Å². The quantitative estimate of drug-likeness (QED) is 0.817. The highest BCUT2D eigenvalue weighted by molar-refractivity contribution is 5.00. The second-order valence-electron chi connectivity index (χ2n) is 4.05. The molecule has 0 bridgehead atoms. The SMILES string of the molecule is CCn1ccnc1[C@@H](N)C1CCOCC1. The Hall–Kier alpha value is -0.870. The van der Waals surface area contributed by atoms with Gasteiger partial charge in [-0.1, -0.05) is 0 Å². The Morgan fingerprint density at radius 2 is 2.33 bits per heavy atom. The molecule has 0 amide bonds. The van der Waals surface area contributed by atoms with Crippen molar-refractivity contribution in [1.82, 2.24) is 9.55 Å². The summed E-state index contributed by atoms with van der Waals surface area (Å²) in [7, 11) is 0. The van der Waals surface area contributed by atoms with E-state index in [-0.39, 0.29) is 6.04 Å². The predicted octanol–water partition coefficient (Wildman–Crippen LogP) is 1.33. The molecule has 0 radical (unpaired) electrons. The smallest absolute Gasteiger partial charge is 0.125 e. The molecule has 1 saturated heterocycles. The maximum absolute atomic E-state index is 6.25. The topological polar surface area (TPSA) is 53.1 Å². The molecule has 0 aromatic carbocycles. The van der Waals surface area contributed by atoms with Crippen LogP contribution in [0.2, 0.25) is 0 Å². The Balaban J connectivity index is 2.08. The Labute approximate surface area is 90.4 Å². The van der Waals surface area contributed by atoms with Gasteiger partial charge in [0.25, 0.3) is 0 Å². The molecule has 4 heteroatoms. The molecule has 1 fully saturated rings. The van der Waals surface area contributed by atoms with Gasteiger partial charge in [-0.25, -0.2) is 4.98 Å². The van der Waals surface area contributed by atoms with Crippen LogP contribution in [0.3, 0.4) is 0 Å². The summed E-state index contributed by atoms with van der Waals surface area (Å²) < 4.78 is 7.47. The van der Waals surface area contributed by atoms with Crippen LogP contribution in [0.25, 0.3) is 0 Å². The number of ether oxygens (including phenoxy) is 1. The minimum absolute atomic E-state index is 0.0591. The molecule has 1 aliphatic heterocycles. The summed E-state index contributed by atoms with van der Waals surface area (Å²) in [6.45, 7) is 4.73. The summed E-state index contributed by atoms with van der Waals surface area (Å²) in [5, 5.41) is 0. The molecule has 0 saturated carbocycles. The number of hydrogen-bond donors (Lipinski definition) is 1. The zero-order valence-corrected chi connectivity index (χ0v) is 9.22. The third kappa shape index (κ3) is 2.21. The van der Waals surface area contributed by atoms with Crippen LogP contribution in [-0.4, -0.2) is 22.8 Å². The number of imidazole rings is 1. The summed E-state index contributed by atoms with van der Waals surface area (Å²) in [6.07, 6.45) is 5.93. The van der Waals surface area contributed by atoms with E-state index in [9.17, 15) is 0 Å². The third-order valence-electron chi connectivity index (χ3n) is 3.16. The molecular formula is C11H19N3O. The van der Waals surface area contributed by atoms with Gasteiger partial charge < -0.3 is 15.0 Å². The molecule has 1 atom stereocenters. The second-order valence-corrected chi connectivity index (χ2v) is 4.05. The van der Waals surface area contributed by atoms with Gasteiger partial charge in [0.1, 0.15) is 5.82 Å². The van der Waals surface area contributed by atoms with Gasteiger partial charge in [0.15, 0.2) is 0 Å². The van der Waals surface area contributed by atoms with Crippen molar-refractivity contribution in [3.63, 3.8) is 0 Å². The molecule has 0 unspecified atom stereocenters. The molecule has 2 heterocycles. The molecule has 0 spiro atoms. The predicted molar refractivity (Wildman–Crippen MR) is 58.4 cm³/mol. The molecule has 1 aromatic rings. The molecule has 2 rings (SSSR count). The zero-order chi connectivity index (χ0) is 10.7. The van der Waals surface area contributed by atoms with Gasteiger partial charge in [-0.2, -0.15) is 0 Å². The van der Waals surface area contributed by atoms with Crippen molar-refractivity contribution in [2.24, 2.45) is 11.7 Å². The number of rotatable bonds is 3. The highest BCUT2D eigenvalue weighted by Crippen LogP contribution is 2.26. The first-order valence-electron chi connectivity index (χ1n) is 5.67. The minimum atomic E-state index is 0.0591. The van der Waals surface area contributed by atoms with Crippen molar-refractivity contribution in [1.29, 1.82) is 0 Å². The van der Waals surface area contributed by atoms with E-state index in [1.54, 1.807) is 0 Å². The van der Waals surface area contributed by atoms with Crippen LogP contribution < -0.4 is 5.73 Å². The van der Waals surface area contributed by atoms with E-state index in [4.69, 9.17) is 10.5 Å². The van der Waals surface area contributed by atoms with Crippen LogP contribution in [-0.2, 0) is 11.3 Å². The summed E-state index contributed by atoms with van der Waals surface area (Å²) in [5.41, 5.74) is 6.25. The fourth-order valence-corrected chi connectivity index (χ4v) is 2.17. The molecular weight excluding hydrogens is 190 g/mol. The lowest BCUT2D eigenvalue weighted by molar-refractivity contribution is 0.0571. The van der Waals surface area contributed by atoms with Crippen molar-refractivity contribution in [2.45, 2.75) is 32.4 Å². The lowest BCUT2D eigenvalue weighted by atomic mass is 9.92. The monoisotopic (exact) mass is 209 g/mol. The zero-order valence-electron chi connectivity index (χ0n) is 9.22. The molecule has 0 aliphatic carbocycles. The standard InChI is InChI=1S/C11H19N3O/c1-2-14-6-5-13-11(14)10(12)9-3-7-15-8-4-9/h5-6,9-10H,2-4,7-8,12H2,1H3/t10-/m0/s1. The van der Waals surface area contributed by atoms with Crippen LogP contribution in [0.15, 0.2) is 12.4 Å². The largest absolute Gasteiger partial charge is 0.381 e. The van der Waals surface area contributed by atoms with Crippen LogP contribution in [0, 0.1) is 5.92 Å². The van der Waals surface area contributed by atoms with Gasteiger partial charge in [-0.15, -0.1) is 0 Å². The first-order chi connectivity index (χ1) is 7.33. The molecule has 1 aliphatic rings. The van der Waals surface area contributed by atoms with E-state index in [0.29, 0.717) is 5.92 Å². The average molecular weight is 209 g/mol. The van der Waals surface area contributed by atoms with Gasteiger partial charge in [0, 0.05) is 32.2 Å². The minimum Gasteiger partial charge on any atom is -0.381 e. The molecule has 84 valence electrons. The van der Waals surface area contributed by atoms with E-state index < -0.39 is 0 Å². The first-order valence-corrected chi connectivity index (χ1v) is 5.67.